The van der Waals surface area contributed by atoms with Crippen molar-refractivity contribution in [3.05, 3.63) is 35.4 Å². The summed E-state index contributed by atoms with van der Waals surface area (Å²) in [5.74, 6) is 0.823. The first-order valence-electron chi connectivity index (χ1n) is 7.14. The van der Waals surface area contributed by atoms with E-state index in [1.165, 1.54) is 19.3 Å². The maximum atomic E-state index is 10.7. The minimum atomic E-state index is -0.432. The van der Waals surface area contributed by atoms with Gasteiger partial charge in [0.15, 0.2) is 0 Å². The Morgan fingerprint density at radius 2 is 1.95 bits per heavy atom. The topological polar surface area (TPSA) is 44.0 Å². The van der Waals surface area contributed by atoms with Gasteiger partial charge in [0.25, 0.3) is 0 Å². The van der Waals surface area contributed by atoms with E-state index in [0.29, 0.717) is 11.5 Å². The molecule has 1 N–H and O–H groups in total. The van der Waals surface area contributed by atoms with Crippen molar-refractivity contribution < 1.29 is 5.11 Å². The normalized spacial score (nSPS) is 27.5. The average molecular weight is 257 g/mol. The van der Waals surface area contributed by atoms with E-state index in [0.717, 1.165) is 5.56 Å². The number of hydrogen-bond donors (Lipinski definition) is 1. The first-order chi connectivity index (χ1) is 8.95. The lowest BCUT2D eigenvalue weighted by atomic mass is 9.61. The molecule has 102 valence electrons. The molecule has 19 heavy (non-hydrogen) atoms. The predicted octanol–water partition coefficient (Wildman–Crippen LogP) is 4.05. The van der Waals surface area contributed by atoms with Gasteiger partial charge in [0, 0.05) is 0 Å². The minimum absolute atomic E-state index is 0.172. The number of aliphatic hydroxyl groups excluding tert-OH is 1. The zero-order valence-electron chi connectivity index (χ0n) is 12.1. The molecule has 1 saturated carbocycles. The number of nitriles is 1. The van der Waals surface area contributed by atoms with E-state index in [-0.39, 0.29) is 11.3 Å². The molecule has 0 radical (unpaired) electrons. The fourth-order valence-electron chi connectivity index (χ4n) is 3.70. The number of nitrogens with zero attached hydrogens (tertiary/aromatic N) is 1. The number of hydrogen-bond acceptors (Lipinski definition) is 2. The summed E-state index contributed by atoms with van der Waals surface area (Å²) < 4.78 is 0. The van der Waals surface area contributed by atoms with Crippen LogP contribution in [0.25, 0.3) is 0 Å². The van der Waals surface area contributed by atoms with E-state index >= 15 is 0 Å². The molecule has 0 heterocycles. The summed E-state index contributed by atoms with van der Waals surface area (Å²) in [6, 6.07) is 9.48. The van der Waals surface area contributed by atoms with Crippen LogP contribution in [0.5, 0.6) is 0 Å². The van der Waals surface area contributed by atoms with Crippen LogP contribution < -0.4 is 0 Å². The van der Waals surface area contributed by atoms with Crippen molar-refractivity contribution in [2.24, 2.45) is 17.3 Å². The van der Waals surface area contributed by atoms with Gasteiger partial charge in [0.05, 0.1) is 17.7 Å². The van der Waals surface area contributed by atoms with Crippen LogP contribution in [0.2, 0.25) is 0 Å². The van der Waals surface area contributed by atoms with Crippen LogP contribution in [0.3, 0.4) is 0 Å². The molecule has 0 aliphatic heterocycles. The van der Waals surface area contributed by atoms with Crippen LogP contribution in [0.15, 0.2) is 24.3 Å². The highest BCUT2D eigenvalue weighted by Crippen LogP contribution is 2.49. The molecule has 1 aliphatic carbocycles. The molecular weight excluding hydrogens is 234 g/mol. The Morgan fingerprint density at radius 1 is 1.32 bits per heavy atom. The molecule has 0 aromatic heterocycles. The Hall–Kier alpha value is -1.33. The fraction of sp³-hybridized carbons (Fsp3) is 0.588. The maximum absolute atomic E-state index is 10.7. The summed E-state index contributed by atoms with van der Waals surface area (Å²) in [6.07, 6.45) is 3.19. The Kier molecular flexibility index (Phi) is 3.96. The molecule has 1 unspecified atom stereocenters. The number of aliphatic hydroxyl groups is 1. The van der Waals surface area contributed by atoms with E-state index in [2.05, 4.69) is 26.8 Å². The highest BCUT2D eigenvalue weighted by molar-refractivity contribution is 5.32. The summed E-state index contributed by atoms with van der Waals surface area (Å²) in [5.41, 5.74) is 1.75. The standard InChI is InChI=1S/C17H23NO/c1-12-5-4-10-17(2,3)15(12)16(19)14-8-6-13(11-18)7-9-14/h6-9,12,15-16,19H,4-5,10H2,1-3H3/t12-,15-,16?/m0/s1. The second kappa shape index (κ2) is 5.35. The summed E-state index contributed by atoms with van der Waals surface area (Å²) in [7, 11) is 0. The van der Waals surface area contributed by atoms with Gasteiger partial charge >= 0.3 is 0 Å². The molecule has 0 spiro atoms. The predicted molar refractivity (Wildman–Crippen MR) is 76.4 cm³/mol. The molecule has 2 rings (SSSR count). The van der Waals surface area contributed by atoms with Crippen LogP contribution in [0.4, 0.5) is 0 Å². The van der Waals surface area contributed by atoms with E-state index in [9.17, 15) is 5.11 Å². The molecule has 1 aliphatic rings. The van der Waals surface area contributed by atoms with Gasteiger partial charge in [-0.25, -0.2) is 0 Å². The van der Waals surface area contributed by atoms with Gasteiger partial charge in [0.2, 0.25) is 0 Å². The van der Waals surface area contributed by atoms with E-state index in [4.69, 9.17) is 5.26 Å². The van der Waals surface area contributed by atoms with E-state index in [1.54, 1.807) is 12.1 Å². The first-order valence-corrected chi connectivity index (χ1v) is 7.14. The van der Waals surface area contributed by atoms with Crippen molar-refractivity contribution in [2.75, 3.05) is 0 Å². The lowest BCUT2D eigenvalue weighted by Gasteiger charge is -2.45. The third kappa shape index (κ3) is 2.82. The Balaban J connectivity index is 2.25. The molecule has 0 saturated heterocycles. The van der Waals surface area contributed by atoms with Crippen molar-refractivity contribution in [1.29, 1.82) is 5.26 Å². The van der Waals surface area contributed by atoms with E-state index < -0.39 is 6.10 Å². The monoisotopic (exact) mass is 257 g/mol. The van der Waals surface area contributed by atoms with Gasteiger partial charge in [0.1, 0.15) is 0 Å². The van der Waals surface area contributed by atoms with Gasteiger partial charge in [-0.05, 0) is 41.4 Å². The summed E-state index contributed by atoms with van der Waals surface area (Å²) >= 11 is 0. The molecular formula is C17H23NO. The smallest absolute Gasteiger partial charge is 0.0991 e. The SMILES string of the molecule is C[C@H]1CCCC(C)(C)[C@@H]1C(O)c1ccc(C#N)cc1. The number of rotatable bonds is 2. The van der Waals surface area contributed by atoms with Gasteiger partial charge in [-0.2, -0.15) is 5.26 Å². The van der Waals surface area contributed by atoms with Crippen LogP contribution in [-0.4, -0.2) is 5.11 Å². The van der Waals surface area contributed by atoms with E-state index in [1.807, 2.05) is 12.1 Å². The van der Waals surface area contributed by atoms with Gasteiger partial charge in [-0.3, -0.25) is 0 Å². The second-order valence-corrected chi connectivity index (χ2v) is 6.56. The van der Waals surface area contributed by atoms with Crippen LogP contribution in [0.1, 0.15) is 57.3 Å². The largest absolute Gasteiger partial charge is 0.388 e. The second-order valence-electron chi connectivity index (χ2n) is 6.56. The van der Waals surface area contributed by atoms with Gasteiger partial charge in [-0.1, -0.05) is 45.7 Å². The number of benzene rings is 1. The fourth-order valence-corrected chi connectivity index (χ4v) is 3.70. The zero-order chi connectivity index (χ0) is 14.0. The minimum Gasteiger partial charge on any atom is -0.388 e. The van der Waals surface area contributed by atoms with Crippen LogP contribution >= 0.6 is 0 Å². The molecule has 1 aromatic carbocycles. The molecule has 2 nitrogen and oxygen atoms in total. The Labute approximate surface area is 116 Å². The summed E-state index contributed by atoms with van der Waals surface area (Å²) in [6.45, 7) is 6.78. The Morgan fingerprint density at radius 3 is 2.47 bits per heavy atom. The average Bonchev–Trinajstić information content (AvgIpc) is 2.37. The van der Waals surface area contributed by atoms with Crippen molar-refractivity contribution >= 4 is 0 Å². The van der Waals surface area contributed by atoms with Crippen molar-refractivity contribution in [1.82, 2.24) is 0 Å². The van der Waals surface area contributed by atoms with Crippen molar-refractivity contribution in [3.8, 4) is 6.07 Å². The van der Waals surface area contributed by atoms with Gasteiger partial charge in [-0.15, -0.1) is 0 Å². The Bertz CT molecular complexity index is 469. The molecule has 0 amide bonds. The van der Waals surface area contributed by atoms with Crippen molar-refractivity contribution in [2.45, 2.75) is 46.1 Å². The lowest BCUT2D eigenvalue weighted by Crippen LogP contribution is -2.37. The highest BCUT2D eigenvalue weighted by Gasteiger charge is 2.41. The third-order valence-electron chi connectivity index (χ3n) is 4.72. The molecule has 3 atom stereocenters. The van der Waals surface area contributed by atoms with Crippen LogP contribution in [0, 0.1) is 28.6 Å². The molecule has 1 fully saturated rings. The summed E-state index contributed by atoms with van der Waals surface area (Å²) in [4.78, 5) is 0. The molecule has 2 heteroatoms. The summed E-state index contributed by atoms with van der Waals surface area (Å²) in [5, 5.41) is 19.6. The molecule has 1 aromatic rings. The lowest BCUT2D eigenvalue weighted by molar-refractivity contribution is -0.0292. The first kappa shape index (κ1) is 14.1. The maximum Gasteiger partial charge on any atom is 0.0991 e. The van der Waals surface area contributed by atoms with Gasteiger partial charge < -0.3 is 5.11 Å². The van der Waals surface area contributed by atoms with Crippen molar-refractivity contribution in [3.63, 3.8) is 0 Å². The highest BCUT2D eigenvalue weighted by atomic mass is 16.3. The third-order valence-corrected chi connectivity index (χ3v) is 4.72. The zero-order valence-corrected chi connectivity index (χ0v) is 12.1. The molecule has 0 bridgehead atoms. The van der Waals surface area contributed by atoms with Crippen LogP contribution in [-0.2, 0) is 0 Å². The quantitative estimate of drug-likeness (QED) is 0.868.